The van der Waals surface area contributed by atoms with Gasteiger partial charge in [-0.15, -0.1) is 0 Å². The molecule has 1 aromatic carbocycles. The lowest BCUT2D eigenvalue weighted by atomic mass is 10.0. The van der Waals surface area contributed by atoms with Crippen molar-refractivity contribution >= 4 is 29.9 Å². The molecule has 0 bridgehead atoms. The summed E-state index contributed by atoms with van der Waals surface area (Å²) in [6.07, 6.45) is 4.84. The molecule has 4 aromatic rings. The van der Waals surface area contributed by atoms with E-state index in [2.05, 4.69) is 4.98 Å². The Morgan fingerprint density at radius 3 is 2.71 bits per heavy atom. The molecular formula is C21H16N2O4S. The Morgan fingerprint density at radius 1 is 1.25 bits per heavy atom. The number of carbonyl (C=O) groups is 1. The summed E-state index contributed by atoms with van der Waals surface area (Å²) in [6.45, 7) is 1.95. The van der Waals surface area contributed by atoms with E-state index in [1.807, 2.05) is 30.3 Å². The van der Waals surface area contributed by atoms with Crippen molar-refractivity contribution in [3.63, 3.8) is 0 Å². The van der Waals surface area contributed by atoms with Crippen molar-refractivity contribution in [1.29, 1.82) is 0 Å². The second kappa shape index (κ2) is 7.28. The van der Waals surface area contributed by atoms with Crippen molar-refractivity contribution in [2.45, 2.75) is 6.92 Å². The number of rotatable bonds is 4. The molecule has 0 aliphatic heterocycles. The molecule has 3 aromatic heterocycles. The van der Waals surface area contributed by atoms with Gasteiger partial charge in [-0.1, -0.05) is 42.5 Å². The second-order valence-electron chi connectivity index (χ2n) is 6.06. The number of aromatic amines is 1. The van der Waals surface area contributed by atoms with E-state index >= 15 is 0 Å². The summed E-state index contributed by atoms with van der Waals surface area (Å²) in [5, 5.41) is 0.280. The fraction of sp³-hybridized carbons (Fsp3) is 0.0952. The average Bonchev–Trinajstić information content (AvgIpc) is 3.34. The molecule has 0 aliphatic rings. The van der Waals surface area contributed by atoms with Crippen LogP contribution in [0.3, 0.4) is 0 Å². The Balaban J connectivity index is 2.07. The molecular weight excluding hydrogens is 376 g/mol. The summed E-state index contributed by atoms with van der Waals surface area (Å²) in [5.74, 6) is -0.00586. The summed E-state index contributed by atoms with van der Waals surface area (Å²) in [5.41, 5.74) is 1.64. The minimum atomic E-state index is -0.517. The molecule has 1 N–H and O–H groups in total. The predicted molar refractivity (Wildman–Crippen MR) is 108 cm³/mol. The van der Waals surface area contributed by atoms with Crippen LogP contribution in [-0.2, 0) is 4.74 Å². The quantitative estimate of drug-likeness (QED) is 0.426. The van der Waals surface area contributed by atoms with E-state index in [9.17, 15) is 9.59 Å². The average molecular weight is 392 g/mol. The summed E-state index contributed by atoms with van der Waals surface area (Å²) < 4.78 is 12.4. The molecule has 0 fully saturated rings. The van der Waals surface area contributed by atoms with E-state index in [1.165, 1.54) is 6.26 Å². The Labute approximate surface area is 164 Å². The van der Waals surface area contributed by atoms with Gasteiger partial charge in [-0.05, 0) is 30.7 Å². The standard InChI is InChI=1S/C21H16N2O4S/c1-2-26-21(25)17-16(13-7-4-3-5-8-13)12-23-18(17)22-19(24)15(20(23)28)11-14-9-6-10-27-14/h3-12H,2H2,1H3,(H,22,24). The van der Waals surface area contributed by atoms with Crippen LogP contribution in [0.15, 0.2) is 64.1 Å². The number of aromatic nitrogens is 2. The first-order chi connectivity index (χ1) is 13.6. The maximum absolute atomic E-state index is 12.7. The molecule has 0 amide bonds. The van der Waals surface area contributed by atoms with Crippen molar-refractivity contribution in [2.24, 2.45) is 0 Å². The van der Waals surface area contributed by atoms with Crippen LogP contribution >= 0.6 is 12.2 Å². The molecule has 0 unspecified atom stereocenters. The van der Waals surface area contributed by atoms with Gasteiger partial charge in [0, 0.05) is 11.8 Å². The van der Waals surface area contributed by atoms with Gasteiger partial charge in [0.2, 0.25) is 0 Å². The van der Waals surface area contributed by atoms with Gasteiger partial charge in [-0.25, -0.2) is 4.79 Å². The van der Waals surface area contributed by atoms with E-state index < -0.39 is 11.5 Å². The molecule has 0 spiro atoms. The van der Waals surface area contributed by atoms with E-state index in [1.54, 1.807) is 35.7 Å². The number of hydrogen-bond donors (Lipinski definition) is 1. The Kier molecular flexibility index (Phi) is 4.67. The SMILES string of the molecule is CCOC(=O)c1c(-c2ccccc2)cn2c(=S)c(=Cc3ccco3)c(=O)[nH]c12. The molecule has 4 rings (SSSR count). The summed E-state index contributed by atoms with van der Waals surface area (Å²) in [6, 6.07) is 12.9. The molecule has 0 saturated carbocycles. The minimum Gasteiger partial charge on any atom is -0.465 e. The van der Waals surface area contributed by atoms with E-state index in [-0.39, 0.29) is 22.0 Å². The fourth-order valence-electron chi connectivity index (χ4n) is 3.08. The topological polar surface area (TPSA) is 76.7 Å². The fourth-order valence-corrected chi connectivity index (χ4v) is 3.38. The molecule has 0 aliphatic carbocycles. The number of nitrogens with zero attached hydrogens (tertiary/aromatic N) is 1. The number of benzene rings is 1. The maximum Gasteiger partial charge on any atom is 0.342 e. The number of esters is 1. The number of hydrogen-bond acceptors (Lipinski definition) is 5. The lowest BCUT2D eigenvalue weighted by Gasteiger charge is -2.04. The zero-order valence-corrected chi connectivity index (χ0v) is 15.8. The van der Waals surface area contributed by atoms with E-state index in [0.29, 0.717) is 17.0 Å². The normalized spacial score (nSPS) is 11.8. The highest BCUT2D eigenvalue weighted by atomic mass is 32.1. The van der Waals surface area contributed by atoms with Crippen LogP contribution in [0.4, 0.5) is 0 Å². The summed E-state index contributed by atoms with van der Waals surface area (Å²) in [7, 11) is 0. The largest absolute Gasteiger partial charge is 0.465 e. The number of furan rings is 1. The first-order valence-corrected chi connectivity index (χ1v) is 9.10. The van der Waals surface area contributed by atoms with Gasteiger partial charge in [0.05, 0.1) is 18.1 Å². The third-order valence-electron chi connectivity index (χ3n) is 4.33. The van der Waals surface area contributed by atoms with Crippen molar-refractivity contribution in [3.05, 3.63) is 86.5 Å². The number of ether oxygens (including phenoxy) is 1. The van der Waals surface area contributed by atoms with Crippen LogP contribution in [0.5, 0.6) is 0 Å². The van der Waals surface area contributed by atoms with Gasteiger partial charge < -0.3 is 14.1 Å². The zero-order chi connectivity index (χ0) is 19.7. The first-order valence-electron chi connectivity index (χ1n) is 8.69. The first kappa shape index (κ1) is 17.9. The Morgan fingerprint density at radius 2 is 2.04 bits per heavy atom. The monoisotopic (exact) mass is 392 g/mol. The van der Waals surface area contributed by atoms with Gasteiger partial charge in [0.1, 0.15) is 21.6 Å². The maximum atomic E-state index is 12.7. The molecule has 28 heavy (non-hydrogen) atoms. The van der Waals surface area contributed by atoms with Crippen LogP contribution in [-0.4, -0.2) is 22.0 Å². The van der Waals surface area contributed by atoms with Crippen molar-refractivity contribution in [2.75, 3.05) is 6.61 Å². The summed E-state index contributed by atoms with van der Waals surface area (Å²) in [4.78, 5) is 28.1. The Bertz CT molecular complexity index is 1320. The van der Waals surface area contributed by atoms with Crippen LogP contribution in [0.25, 0.3) is 22.9 Å². The van der Waals surface area contributed by atoms with Crippen LogP contribution < -0.4 is 10.8 Å². The van der Waals surface area contributed by atoms with E-state index in [0.717, 1.165) is 5.56 Å². The smallest absolute Gasteiger partial charge is 0.342 e. The van der Waals surface area contributed by atoms with Gasteiger partial charge in [-0.2, -0.15) is 0 Å². The van der Waals surface area contributed by atoms with Crippen LogP contribution in [0.2, 0.25) is 0 Å². The van der Waals surface area contributed by atoms with Gasteiger partial charge in [0.15, 0.2) is 0 Å². The van der Waals surface area contributed by atoms with Crippen LogP contribution in [0, 0.1) is 4.64 Å². The number of nitrogens with one attached hydrogen (secondary N) is 1. The highest BCUT2D eigenvalue weighted by Gasteiger charge is 2.22. The number of carbonyl (C=O) groups excluding carboxylic acids is 1. The molecule has 0 radical (unpaired) electrons. The predicted octanol–water partition coefficient (Wildman–Crippen LogP) is 3.34. The highest BCUT2D eigenvalue weighted by Crippen LogP contribution is 2.28. The highest BCUT2D eigenvalue weighted by molar-refractivity contribution is 7.71. The third-order valence-corrected chi connectivity index (χ3v) is 4.74. The number of fused-ring (bicyclic) bond motifs is 1. The lowest BCUT2D eigenvalue weighted by molar-refractivity contribution is 0.0529. The second-order valence-corrected chi connectivity index (χ2v) is 6.44. The third kappa shape index (κ3) is 3.05. The lowest BCUT2D eigenvalue weighted by Crippen LogP contribution is -2.30. The molecule has 140 valence electrons. The van der Waals surface area contributed by atoms with Crippen molar-refractivity contribution < 1.29 is 13.9 Å². The number of H-pyrrole nitrogens is 1. The molecule has 3 heterocycles. The van der Waals surface area contributed by atoms with Crippen LogP contribution in [0.1, 0.15) is 23.0 Å². The van der Waals surface area contributed by atoms with Crippen molar-refractivity contribution in [1.82, 2.24) is 9.38 Å². The molecule has 0 atom stereocenters. The summed E-state index contributed by atoms with van der Waals surface area (Å²) >= 11 is 5.55. The van der Waals surface area contributed by atoms with Gasteiger partial charge in [-0.3, -0.25) is 9.20 Å². The molecule has 7 heteroatoms. The Hall–Kier alpha value is -3.45. The zero-order valence-electron chi connectivity index (χ0n) is 15.0. The molecule has 0 saturated heterocycles. The molecule has 6 nitrogen and oxygen atoms in total. The van der Waals surface area contributed by atoms with E-state index in [4.69, 9.17) is 21.4 Å². The van der Waals surface area contributed by atoms with Gasteiger partial charge in [0.25, 0.3) is 5.56 Å². The minimum absolute atomic E-state index is 0.222. The van der Waals surface area contributed by atoms with Crippen molar-refractivity contribution in [3.8, 4) is 11.1 Å². The van der Waals surface area contributed by atoms with Gasteiger partial charge >= 0.3 is 5.97 Å².